The highest BCUT2D eigenvalue weighted by Gasteiger charge is 2.56. The highest BCUT2D eigenvalue weighted by molar-refractivity contribution is 8.56. The lowest BCUT2D eigenvalue weighted by Gasteiger charge is -2.25. The quantitative estimate of drug-likeness (QED) is 0.194. The molecular formula is C27H37FN7O6PS. The van der Waals surface area contributed by atoms with Crippen molar-refractivity contribution in [3.63, 3.8) is 0 Å². The third-order valence-electron chi connectivity index (χ3n) is 7.25. The average Bonchev–Trinajstić information content (AvgIpc) is 3.67. The van der Waals surface area contributed by atoms with Gasteiger partial charge in [0.1, 0.15) is 18.2 Å². The van der Waals surface area contributed by atoms with Crippen LogP contribution in [0, 0.1) is 0 Å². The third kappa shape index (κ3) is 6.81. The predicted molar refractivity (Wildman–Crippen MR) is 160 cm³/mol. The fourth-order valence-electron chi connectivity index (χ4n) is 4.83. The SMILES string of the molecule is CC(C)OC(=O)[C@H](C)NP(=O)(OCC1O[C@@H](n2cnc3c(N(C)C4CC4)nc(N)nc32)[C@](C)(F)[C@@H]1O)Sc1ccccc1. The zero-order valence-electron chi connectivity index (χ0n) is 24.6. The number of carbonyl (C=O) groups is 1. The Bertz CT molecular complexity index is 1510. The molecule has 13 nitrogen and oxygen atoms in total. The fourth-order valence-corrected chi connectivity index (χ4v) is 8.66. The molecule has 4 N–H and O–H groups in total. The summed E-state index contributed by atoms with van der Waals surface area (Å²) in [4.78, 5) is 28.1. The van der Waals surface area contributed by atoms with Crippen LogP contribution in [-0.2, 0) is 23.4 Å². The molecule has 234 valence electrons. The van der Waals surface area contributed by atoms with Crippen molar-refractivity contribution in [1.82, 2.24) is 24.6 Å². The van der Waals surface area contributed by atoms with Crippen LogP contribution in [0.3, 0.4) is 0 Å². The molecule has 3 aromatic rings. The van der Waals surface area contributed by atoms with Crippen LogP contribution in [0.5, 0.6) is 0 Å². The van der Waals surface area contributed by atoms with Gasteiger partial charge in [0.15, 0.2) is 28.9 Å². The van der Waals surface area contributed by atoms with Gasteiger partial charge in [0.2, 0.25) is 5.95 Å². The topological polar surface area (TPSA) is 167 Å². The van der Waals surface area contributed by atoms with E-state index < -0.39 is 49.4 Å². The van der Waals surface area contributed by atoms with Gasteiger partial charge in [0, 0.05) is 18.0 Å². The number of nitrogens with zero attached hydrogens (tertiary/aromatic N) is 5. The van der Waals surface area contributed by atoms with Gasteiger partial charge in [0.25, 0.3) is 0 Å². The molecular weight excluding hydrogens is 600 g/mol. The summed E-state index contributed by atoms with van der Waals surface area (Å²) < 4.78 is 48.7. The highest BCUT2D eigenvalue weighted by Crippen LogP contribution is 2.60. The summed E-state index contributed by atoms with van der Waals surface area (Å²) in [5, 5.41) is 13.8. The Labute approximate surface area is 252 Å². The van der Waals surface area contributed by atoms with Crippen molar-refractivity contribution in [3.8, 4) is 0 Å². The summed E-state index contributed by atoms with van der Waals surface area (Å²) >= 11 is 0.887. The number of ether oxygens (including phenoxy) is 2. The van der Waals surface area contributed by atoms with Crippen LogP contribution in [0.25, 0.3) is 11.2 Å². The lowest BCUT2D eigenvalue weighted by atomic mass is 9.98. The number of hydrogen-bond acceptors (Lipinski definition) is 12. The van der Waals surface area contributed by atoms with Crippen LogP contribution >= 0.6 is 18.1 Å². The molecule has 2 aromatic heterocycles. The van der Waals surface area contributed by atoms with Gasteiger partial charge >= 0.3 is 12.7 Å². The van der Waals surface area contributed by atoms with Gasteiger partial charge in [-0.15, -0.1) is 0 Å². The Morgan fingerprint density at radius 1 is 1.33 bits per heavy atom. The molecule has 6 atom stereocenters. The maximum Gasteiger partial charge on any atom is 0.332 e. The van der Waals surface area contributed by atoms with E-state index >= 15 is 4.39 Å². The summed E-state index contributed by atoms with van der Waals surface area (Å²) in [6.07, 6.45) is -1.21. The van der Waals surface area contributed by atoms with Crippen LogP contribution in [0.1, 0.15) is 46.8 Å². The van der Waals surface area contributed by atoms with Crippen molar-refractivity contribution in [1.29, 1.82) is 0 Å². The molecule has 1 aliphatic heterocycles. The van der Waals surface area contributed by atoms with Gasteiger partial charge < -0.3 is 29.7 Å². The lowest BCUT2D eigenvalue weighted by molar-refractivity contribution is -0.149. The first kappa shape index (κ1) is 31.6. The fraction of sp³-hybridized carbons (Fsp3) is 0.556. The molecule has 1 saturated heterocycles. The molecule has 43 heavy (non-hydrogen) atoms. The van der Waals surface area contributed by atoms with E-state index in [1.54, 1.807) is 38.1 Å². The van der Waals surface area contributed by atoms with Gasteiger partial charge in [-0.2, -0.15) is 9.97 Å². The number of esters is 1. The first-order valence-electron chi connectivity index (χ1n) is 14.0. The monoisotopic (exact) mass is 637 g/mol. The Morgan fingerprint density at radius 3 is 2.67 bits per heavy atom. The van der Waals surface area contributed by atoms with E-state index in [1.165, 1.54) is 24.7 Å². The minimum absolute atomic E-state index is 0.00852. The highest BCUT2D eigenvalue weighted by atomic mass is 32.7. The van der Waals surface area contributed by atoms with E-state index in [9.17, 15) is 14.5 Å². The van der Waals surface area contributed by atoms with E-state index in [2.05, 4.69) is 20.0 Å². The molecule has 2 fully saturated rings. The average molecular weight is 638 g/mol. The maximum absolute atomic E-state index is 16.2. The number of rotatable bonds is 12. The Kier molecular flexibility index (Phi) is 9.04. The molecule has 0 bridgehead atoms. The minimum atomic E-state index is -3.87. The molecule has 1 saturated carbocycles. The summed E-state index contributed by atoms with van der Waals surface area (Å²) in [5.74, 6) is -0.0930. The number of nitrogens with two attached hydrogens (primary N) is 1. The number of fused-ring (bicyclic) bond motifs is 1. The summed E-state index contributed by atoms with van der Waals surface area (Å²) in [6, 6.07) is 8.15. The Balaban J connectivity index is 1.37. The zero-order chi connectivity index (χ0) is 31.1. The second-order valence-electron chi connectivity index (χ2n) is 11.2. The first-order valence-corrected chi connectivity index (χ1v) is 17.1. The van der Waals surface area contributed by atoms with Crippen LogP contribution in [0.4, 0.5) is 16.2 Å². The number of nitrogen functional groups attached to an aromatic ring is 1. The smallest absolute Gasteiger partial charge is 0.332 e. The zero-order valence-corrected chi connectivity index (χ0v) is 26.3. The lowest BCUT2D eigenvalue weighted by Crippen LogP contribution is -2.41. The Hall–Kier alpha value is -2.81. The molecule has 3 heterocycles. The van der Waals surface area contributed by atoms with Gasteiger partial charge in [-0.1, -0.05) is 18.2 Å². The molecule has 5 rings (SSSR count). The molecule has 2 unspecified atom stereocenters. The van der Waals surface area contributed by atoms with Crippen LogP contribution < -0.4 is 15.7 Å². The third-order valence-corrected chi connectivity index (χ3v) is 11.2. The van der Waals surface area contributed by atoms with E-state index in [0.29, 0.717) is 22.3 Å². The summed E-state index contributed by atoms with van der Waals surface area (Å²) in [6.45, 7) is 1.80. The summed E-state index contributed by atoms with van der Waals surface area (Å²) in [7, 11) is 1.89. The number of nitrogens with one attached hydrogen (secondary N) is 1. The van der Waals surface area contributed by atoms with Gasteiger partial charge in [-0.3, -0.25) is 13.9 Å². The van der Waals surface area contributed by atoms with Crippen molar-refractivity contribution in [2.24, 2.45) is 0 Å². The number of alkyl halides is 1. The molecule has 0 spiro atoms. The molecule has 1 aromatic carbocycles. The predicted octanol–water partition coefficient (Wildman–Crippen LogP) is 3.84. The molecule has 2 aliphatic rings. The normalized spacial score (nSPS) is 26.0. The molecule has 1 aliphatic carbocycles. The Morgan fingerprint density at radius 2 is 2.02 bits per heavy atom. The number of anilines is 2. The second-order valence-corrected chi connectivity index (χ2v) is 15.4. The number of imidazole rings is 1. The van der Waals surface area contributed by atoms with Crippen molar-refractivity contribution in [2.75, 3.05) is 24.3 Å². The maximum atomic E-state index is 16.2. The van der Waals surface area contributed by atoms with E-state index in [-0.39, 0.29) is 17.7 Å². The van der Waals surface area contributed by atoms with Gasteiger partial charge in [-0.25, -0.2) is 14.5 Å². The van der Waals surface area contributed by atoms with E-state index in [4.69, 9.17) is 19.7 Å². The van der Waals surface area contributed by atoms with Crippen molar-refractivity contribution in [2.45, 2.75) is 87.7 Å². The largest absolute Gasteiger partial charge is 0.462 e. The molecule has 0 radical (unpaired) electrons. The summed E-state index contributed by atoms with van der Waals surface area (Å²) in [5.41, 5.74) is 4.37. The van der Waals surface area contributed by atoms with Crippen molar-refractivity contribution in [3.05, 3.63) is 36.7 Å². The molecule has 16 heteroatoms. The second kappa shape index (κ2) is 12.3. The molecule has 0 amide bonds. The van der Waals surface area contributed by atoms with Crippen LogP contribution in [0.2, 0.25) is 0 Å². The van der Waals surface area contributed by atoms with Crippen LogP contribution in [0.15, 0.2) is 41.6 Å². The number of halogens is 1. The van der Waals surface area contributed by atoms with Crippen molar-refractivity contribution < 1.29 is 32.9 Å². The number of hydrogen-bond donors (Lipinski definition) is 3. The number of aliphatic hydroxyl groups is 1. The number of aliphatic hydroxyl groups excluding tert-OH is 1. The van der Waals surface area contributed by atoms with Crippen LogP contribution in [-0.4, -0.2) is 80.3 Å². The number of aromatic nitrogens is 4. The number of benzene rings is 1. The minimum Gasteiger partial charge on any atom is -0.462 e. The van der Waals surface area contributed by atoms with Gasteiger partial charge in [-0.05, 0) is 64.1 Å². The van der Waals surface area contributed by atoms with Gasteiger partial charge in [0.05, 0.1) is 19.0 Å². The standard InChI is InChI=1S/C27H37FN7O6PS/c1-15(2)40-24(37)16(3)33-42(38,43-18-9-7-6-8-10-18)39-13-19-21(36)27(4,28)25(41-19)35-14-30-20-22(34(5)17-11-12-17)31-26(29)32-23(20)35/h6-10,14-17,19,21,25,36H,11-13H2,1-5H3,(H,33,38)(H2,29,31,32)/t16-,19?,21+,25+,27+,42?/m0/s1. The first-order chi connectivity index (χ1) is 20.3. The van der Waals surface area contributed by atoms with E-state index in [0.717, 1.165) is 24.2 Å². The van der Waals surface area contributed by atoms with E-state index in [1.807, 2.05) is 18.0 Å². The van der Waals surface area contributed by atoms with Crippen molar-refractivity contribution >= 4 is 47.0 Å². The number of carbonyl (C=O) groups excluding carboxylic acids is 1.